The van der Waals surface area contributed by atoms with Crippen LogP contribution in [0.15, 0.2) is 24.3 Å². The summed E-state index contributed by atoms with van der Waals surface area (Å²) in [6, 6.07) is 7.91. The number of hydrogen-bond acceptors (Lipinski definition) is 4. The van der Waals surface area contributed by atoms with Crippen LogP contribution in [-0.2, 0) is 30.7 Å². The molecular formula is C20H27N3O2. The zero-order chi connectivity index (χ0) is 18.6. The SMILES string of the molecule is Cc1nc(CC(C)C)c(CN)c(-c2ccc(CN)cc2)c1CC(=O)O. The number of aryl methyl sites for hydroxylation is 1. The summed E-state index contributed by atoms with van der Waals surface area (Å²) >= 11 is 0. The highest BCUT2D eigenvalue weighted by Gasteiger charge is 2.20. The minimum absolute atomic E-state index is 0.0677. The van der Waals surface area contributed by atoms with E-state index in [2.05, 4.69) is 13.8 Å². The van der Waals surface area contributed by atoms with E-state index in [4.69, 9.17) is 16.5 Å². The Kier molecular flexibility index (Phi) is 6.28. The highest BCUT2D eigenvalue weighted by molar-refractivity contribution is 5.79. The van der Waals surface area contributed by atoms with Gasteiger partial charge in [0.1, 0.15) is 0 Å². The Bertz CT molecular complexity index is 753. The third kappa shape index (κ3) is 4.44. The molecule has 1 heterocycles. The van der Waals surface area contributed by atoms with Crippen LogP contribution in [0.1, 0.15) is 41.9 Å². The number of benzene rings is 1. The van der Waals surface area contributed by atoms with Crippen molar-refractivity contribution in [2.24, 2.45) is 17.4 Å². The maximum absolute atomic E-state index is 11.4. The Morgan fingerprint density at radius 1 is 1.12 bits per heavy atom. The van der Waals surface area contributed by atoms with E-state index in [1.807, 2.05) is 31.2 Å². The Morgan fingerprint density at radius 2 is 1.76 bits per heavy atom. The second-order valence-electron chi connectivity index (χ2n) is 6.75. The average molecular weight is 341 g/mol. The minimum Gasteiger partial charge on any atom is -0.481 e. The third-order valence-electron chi connectivity index (χ3n) is 4.30. The molecule has 1 aromatic heterocycles. The van der Waals surface area contributed by atoms with E-state index in [9.17, 15) is 9.90 Å². The summed E-state index contributed by atoms with van der Waals surface area (Å²) in [6.07, 6.45) is 0.746. The van der Waals surface area contributed by atoms with Gasteiger partial charge in [-0.2, -0.15) is 0 Å². The molecule has 0 atom stereocenters. The normalized spacial score (nSPS) is 11.1. The molecule has 5 N–H and O–H groups in total. The fourth-order valence-electron chi connectivity index (χ4n) is 3.14. The number of rotatable bonds is 7. The third-order valence-corrected chi connectivity index (χ3v) is 4.30. The van der Waals surface area contributed by atoms with Gasteiger partial charge in [-0.15, -0.1) is 0 Å². The highest BCUT2D eigenvalue weighted by atomic mass is 16.4. The molecule has 0 amide bonds. The summed E-state index contributed by atoms with van der Waals surface area (Å²) in [7, 11) is 0. The number of pyridine rings is 1. The van der Waals surface area contributed by atoms with Crippen LogP contribution in [-0.4, -0.2) is 16.1 Å². The lowest BCUT2D eigenvalue weighted by molar-refractivity contribution is -0.136. The smallest absolute Gasteiger partial charge is 0.307 e. The lowest BCUT2D eigenvalue weighted by atomic mass is 9.88. The van der Waals surface area contributed by atoms with Crippen molar-refractivity contribution in [3.63, 3.8) is 0 Å². The highest BCUT2D eigenvalue weighted by Crippen LogP contribution is 2.33. The predicted octanol–water partition coefficient (Wildman–Crippen LogP) is 2.80. The van der Waals surface area contributed by atoms with Crippen molar-refractivity contribution >= 4 is 5.97 Å². The van der Waals surface area contributed by atoms with Crippen molar-refractivity contribution in [1.29, 1.82) is 0 Å². The van der Waals surface area contributed by atoms with Gasteiger partial charge in [0.05, 0.1) is 6.42 Å². The number of carbonyl (C=O) groups is 1. The summed E-state index contributed by atoms with van der Waals surface area (Å²) in [5.74, 6) is -0.431. The van der Waals surface area contributed by atoms with Gasteiger partial charge in [0, 0.05) is 24.5 Å². The van der Waals surface area contributed by atoms with Crippen LogP contribution in [0.3, 0.4) is 0 Å². The first-order valence-electron chi connectivity index (χ1n) is 8.59. The molecule has 0 aliphatic carbocycles. The topological polar surface area (TPSA) is 102 Å². The van der Waals surface area contributed by atoms with E-state index in [0.717, 1.165) is 45.6 Å². The minimum atomic E-state index is -0.871. The van der Waals surface area contributed by atoms with E-state index >= 15 is 0 Å². The van der Waals surface area contributed by atoms with Crippen molar-refractivity contribution < 1.29 is 9.90 Å². The van der Waals surface area contributed by atoms with Crippen LogP contribution >= 0.6 is 0 Å². The van der Waals surface area contributed by atoms with E-state index in [0.29, 0.717) is 19.0 Å². The number of aliphatic carboxylic acids is 1. The van der Waals surface area contributed by atoms with Crippen molar-refractivity contribution in [2.75, 3.05) is 0 Å². The van der Waals surface area contributed by atoms with Crippen LogP contribution < -0.4 is 11.5 Å². The quantitative estimate of drug-likeness (QED) is 0.718. The van der Waals surface area contributed by atoms with Crippen LogP contribution in [0.5, 0.6) is 0 Å². The van der Waals surface area contributed by atoms with Gasteiger partial charge < -0.3 is 16.6 Å². The van der Waals surface area contributed by atoms with Gasteiger partial charge in [0.25, 0.3) is 0 Å². The number of nitrogens with two attached hydrogens (primary N) is 2. The monoisotopic (exact) mass is 341 g/mol. The molecule has 0 saturated heterocycles. The molecule has 5 nitrogen and oxygen atoms in total. The van der Waals surface area contributed by atoms with Crippen molar-refractivity contribution in [3.05, 3.63) is 52.3 Å². The van der Waals surface area contributed by atoms with Crippen molar-refractivity contribution in [3.8, 4) is 11.1 Å². The van der Waals surface area contributed by atoms with Crippen LogP contribution in [0.2, 0.25) is 0 Å². The lowest BCUT2D eigenvalue weighted by Crippen LogP contribution is -2.15. The Labute approximate surface area is 149 Å². The largest absolute Gasteiger partial charge is 0.481 e. The summed E-state index contributed by atoms with van der Waals surface area (Å²) in [5.41, 5.74) is 18.1. The van der Waals surface area contributed by atoms with Gasteiger partial charge in [-0.25, -0.2) is 0 Å². The van der Waals surface area contributed by atoms with Crippen molar-refractivity contribution in [1.82, 2.24) is 4.98 Å². The summed E-state index contributed by atoms with van der Waals surface area (Å²) in [5, 5.41) is 9.35. The Morgan fingerprint density at radius 3 is 2.24 bits per heavy atom. The standard InChI is InChI=1S/C20H27N3O2/c1-12(2)8-18-17(11-22)20(15-6-4-14(10-21)5-7-15)16(9-19(24)25)13(3)23-18/h4-7,12H,8-11,21-22H2,1-3H3,(H,24,25). The molecule has 2 rings (SSSR count). The Balaban J connectivity index is 2.73. The van der Waals surface area contributed by atoms with E-state index in [-0.39, 0.29) is 6.42 Å². The molecule has 0 aliphatic heterocycles. The zero-order valence-corrected chi connectivity index (χ0v) is 15.2. The molecule has 0 spiro atoms. The molecule has 25 heavy (non-hydrogen) atoms. The second kappa shape index (κ2) is 8.23. The fraction of sp³-hybridized carbons (Fsp3) is 0.400. The number of carboxylic acids is 1. The van der Waals surface area contributed by atoms with Gasteiger partial charge in [-0.05, 0) is 47.1 Å². The second-order valence-corrected chi connectivity index (χ2v) is 6.75. The predicted molar refractivity (Wildman–Crippen MR) is 100 cm³/mol. The van der Waals surface area contributed by atoms with E-state index in [1.165, 1.54) is 0 Å². The fourth-order valence-corrected chi connectivity index (χ4v) is 3.14. The molecule has 0 aliphatic rings. The van der Waals surface area contributed by atoms with Crippen LogP contribution in [0, 0.1) is 12.8 Å². The summed E-state index contributed by atoms with van der Waals surface area (Å²) in [4.78, 5) is 16.1. The molecule has 0 unspecified atom stereocenters. The molecule has 0 saturated carbocycles. The number of aromatic nitrogens is 1. The first kappa shape index (κ1) is 19.1. The van der Waals surface area contributed by atoms with Crippen LogP contribution in [0.25, 0.3) is 11.1 Å². The molecule has 134 valence electrons. The van der Waals surface area contributed by atoms with Crippen molar-refractivity contribution in [2.45, 2.75) is 46.7 Å². The number of hydrogen-bond donors (Lipinski definition) is 3. The van der Waals surface area contributed by atoms with Gasteiger partial charge in [-0.3, -0.25) is 9.78 Å². The summed E-state index contributed by atoms with van der Waals surface area (Å²) in [6.45, 7) is 6.95. The van der Waals surface area contributed by atoms with E-state index < -0.39 is 5.97 Å². The van der Waals surface area contributed by atoms with Gasteiger partial charge >= 0.3 is 5.97 Å². The molecule has 2 aromatic rings. The van der Waals surface area contributed by atoms with Gasteiger partial charge in [-0.1, -0.05) is 38.1 Å². The molecule has 5 heteroatoms. The first-order valence-corrected chi connectivity index (χ1v) is 8.59. The van der Waals surface area contributed by atoms with Crippen LogP contribution in [0.4, 0.5) is 0 Å². The maximum atomic E-state index is 11.4. The molecular weight excluding hydrogens is 314 g/mol. The molecule has 0 radical (unpaired) electrons. The lowest BCUT2D eigenvalue weighted by Gasteiger charge is -2.20. The molecule has 0 bridgehead atoms. The maximum Gasteiger partial charge on any atom is 0.307 e. The number of carboxylic acid groups (broad SMARTS) is 1. The first-order chi connectivity index (χ1) is 11.9. The number of nitrogens with zero attached hydrogens (tertiary/aromatic N) is 1. The molecule has 1 aromatic carbocycles. The zero-order valence-electron chi connectivity index (χ0n) is 15.2. The van der Waals surface area contributed by atoms with E-state index in [1.54, 1.807) is 0 Å². The Hall–Kier alpha value is -2.24. The summed E-state index contributed by atoms with van der Waals surface area (Å²) < 4.78 is 0. The van der Waals surface area contributed by atoms with Gasteiger partial charge in [0.2, 0.25) is 0 Å². The average Bonchev–Trinajstić information content (AvgIpc) is 2.56. The van der Waals surface area contributed by atoms with Gasteiger partial charge in [0.15, 0.2) is 0 Å². The molecule has 0 fully saturated rings.